The predicted molar refractivity (Wildman–Crippen MR) is 74.7 cm³/mol. The molecule has 0 amide bonds. The Balaban J connectivity index is 2.99. The van der Waals surface area contributed by atoms with Crippen molar-refractivity contribution in [3.63, 3.8) is 0 Å². The molecule has 0 aromatic carbocycles. The van der Waals surface area contributed by atoms with Crippen LogP contribution in [0.3, 0.4) is 0 Å². The van der Waals surface area contributed by atoms with Crippen LogP contribution in [0, 0.1) is 0 Å². The van der Waals surface area contributed by atoms with Crippen LogP contribution in [-0.4, -0.2) is 19.0 Å². The van der Waals surface area contributed by atoms with Crippen LogP contribution in [0.15, 0.2) is 12.3 Å². The molecule has 0 aromatic rings. The molecule has 0 saturated carbocycles. The molecule has 0 atom stereocenters. The summed E-state index contributed by atoms with van der Waals surface area (Å²) in [7, 11) is 4.15. The molecule has 1 nitrogen and oxygen atoms in total. The molecule has 0 aliphatic carbocycles. The molecule has 0 unspecified atom stereocenters. The maximum atomic E-state index is 2.28. The van der Waals surface area contributed by atoms with E-state index in [9.17, 15) is 0 Å². The summed E-state index contributed by atoms with van der Waals surface area (Å²) in [5, 5.41) is 0. The molecule has 16 heavy (non-hydrogen) atoms. The highest BCUT2D eigenvalue weighted by Crippen LogP contribution is 2.10. The van der Waals surface area contributed by atoms with Crippen LogP contribution in [0.1, 0.15) is 71.1 Å². The second kappa shape index (κ2) is 12.6. The summed E-state index contributed by atoms with van der Waals surface area (Å²) in [5.74, 6) is 0. The Labute approximate surface area is 103 Å². The summed E-state index contributed by atoms with van der Waals surface area (Å²) in [6.07, 6.45) is 18.5. The van der Waals surface area contributed by atoms with Gasteiger partial charge in [-0.05, 0) is 19.0 Å². The van der Waals surface area contributed by atoms with E-state index in [1.807, 2.05) is 0 Å². The van der Waals surface area contributed by atoms with Crippen LogP contribution >= 0.6 is 0 Å². The third-order valence-corrected chi connectivity index (χ3v) is 2.88. The molecular weight excluding hydrogens is 194 g/mol. The van der Waals surface area contributed by atoms with Gasteiger partial charge in [0.25, 0.3) is 0 Å². The van der Waals surface area contributed by atoms with Gasteiger partial charge in [0.15, 0.2) is 0 Å². The standard InChI is InChI=1S/C15H31N/c1-4-5-6-7-8-9-10-11-12-13-14-15-16(2)3/h14-15H,4-13H2,1-3H3/b15-14+. The molecule has 0 N–H and O–H groups in total. The monoisotopic (exact) mass is 225 g/mol. The van der Waals surface area contributed by atoms with Crippen LogP contribution in [0.2, 0.25) is 0 Å². The lowest BCUT2D eigenvalue weighted by Crippen LogP contribution is -1.99. The van der Waals surface area contributed by atoms with E-state index < -0.39 is 0 Å². The van der Waals surface area contributed by atoms with Crippen LogP contribution in [0.5, 0.6) is 0 Å². The molecule has 0 saturated heterocycles. The van der Waals surface area contributed by atoms with Crippen molar-refractivity contribution in [1.29, 1.82) is 0 Å². The van der Waals surface area contributed by atoms with Gasteiger partial charge >= 0.3 is 0 Å². The van der Waals surface area contributed by atoms with Gasteiger partial charge in [-0.1, -0.05) is 64.4 Å². The van der Waals surface area contributed by atoms with E-state index in [1.165, 1.54) is 64.2 Å². The van der Waals surface area contributed by atoms with Crippen molar-refractivity contribution in [2.45, 2.75) is 71.1 Å². The minimum atomic E-state index is 1.24. The highest BCUT2D eigenvalue weighted by molar-refractivity contribution is 4.78. The Kier molecular flexibility index (Phi) is 12.2. The van der Waals surface area contributed by atoms with Gasteiger partial charge < -0.3 is 4.90 Å². The average molecular weight is 225 g/mol. The van der Waals surface area contributed by atoms with E-state index in [-0.39, 0.29) is 0 Å². The van der Waals surface area contributed by atoms with Crippen LogP contribution in [0.25, 0.3) is 0 Å². The maximum absolute atomic E-state index is 2.28. The lowest BCUT2D eigenvalue weighted by molar-refractivity contribution is 0.553. The fraction of sp³-hybridized carbons (Fsp3) is 0.867. The first-order valence-corrected chi connectivity index (χ1v) is 7.10. The van der Waals surface area contributed by atoms with Gasteiger partial charge in [-0.3, -0.25) is 0 Å². The quantitative estimate of drug-likeness (QED) is 0.448. The van der Waals surface area contributed by atoms with Crippen molar-refractivity contribution in [2.24, 2.45) is 0 Å². The van der Waals surface area contributed by atoms with E-state index in [2.05, 4.69) is 38.2 Å². The minimum Gasteiger partial charge on any atom is -0.384 e. The molecule has 0 aliphatic heterocycles. The Morgan fingerprint density at radius 3 is 1.75 bits per heavy atom. The van der Waals surface area contributed by atoms with Crippen LogP contribution in [0.4, 0.5) is 0 Å². The van der Waals surface area contributed by atoms with Gasteiger partial charge in [0.2, 0.25) is 0 Å². The zero-order valence-corrected chi connectivity index (χ0v) is 11.7. The highest BCUT2D eigenvalue weighted by Gasteiger charge is 1.91. The summed E-state index contributed by atoms with van der Waals surface area (Å²) in [6, 6.07) is 0. The lowest BCUT2D eigenvalue weighted by Gasteiger charge is -2.03. The molecule has 0 rings (SSSR count). The molecule has 0 fully saturated rings. The molecule has 0 aromatic heterocycles. The molecule has 1 heteroatoms. The van der Waals surface area contributed by atoms with Crippen molar-refractivity contribution in [3.05, 3.63) is 12.3 Å². The average Bonchev–Trinajstić information content (AvgIpc) is 2.25. The van der Waals surface area contributed by atoms with E-state index in [1.54, 1.807) is 0 Å². The second-order valence-corrected chi connectivity index (χ2v) is 4.97. The third kappa shape index (κ3) is 13.5. The topological polar surface area (TPSA) is 3.24 Å². The number of allylic oxidation sites excluding steroid dienone is 1. The number of hydrogen-bond acceptors (Lipinski definition) is 1. The number of unbranched alkanes of at least 4 members (excludes halogenated alkanes) is 9. The molecule has 0 aliphatic rings. The number of rotatable bonds is 11. The van der Waals surface area contributed by atoms with Crippen molar-refractivity contribution < 1.29 is 0 Å². The smallest absolute Gasteiger partial charge is 0.00555 e. The summed E-state index contributed by atoms with van der Waals surface area (Å²) >= 11 is 0. The fourth-order valence-corrected chi connectivity index (χ4v) is 1.86. The van der Waals surface area contributed by atoms with Gasteiger partial charge in [0.1, 0.15) is 0 Å². The SMILES string of the molecule is CCCCCCCCCCC/C=C/N(C)C. The zero-order valence-electron chi connectivity index (χ0n) is 11.7. The Hall–Kier alpha value is -0.460. The minimum absolute atomic E-state index is 1.24. The molecule has 0 heterocycles. The van der Waals surface area contributed by atoms with Crippen LogP contribution in [-0.2, 0) is 0 Å². The second-order valence-electron chi connectivity index (χ2n) is 4.97. The first kappa shape index (κ1) is 15.5. The van der Waals surface area contributed by atoms with Crippen molar-refractivity contribution in [3.8, 4) is 0 Å². The van der Waals surface area contributed by atoms with E-state index in [0.717, 1.165) is 0 Å². The Bertz CT molecular complexity index is 150. The van der Waals surface area contributed by atoms with E-state index in [4.69, 9.17) is 0 Å². The van der Waals surface area contributed by atoms with Crippen molar-refractivity contribution in [1.82, 2.24) is 4.90 Å². The van der Waals surface area contributed by atoms with Gasteiger partial charge in [-0.25, -0.2) is 0 Å². The molecular formula is C15H31N. The maximum Gasteiger partial charge on any atom is 0.00555 e. The first-order chi connectivity index (χ1) is 7.77. The summed E-state index contributed by atoms with van der Waals surface area (Å²) in [5.41, 5.74) is 0. The van der Waals surface area contributed by atoms with Gasteiger partial charge in [0, 0.05) is 14.1 Å². The zero-order chi connectivity index (χ0) is 12.1. The van der Waals surface area contributed by atoms with Crippen LogP contribution < -0.4 is 0 Å². The van der Waals surface area contributed by atoms with Gasteiger partial charge in [-0.2, -0.15) is 0 Å². The molecule has 0 radical (unpaired) electrons. The fourth-order valence-electron chi connectivity index (χ4n) is 1.86. The number of hydrogen-bond donors (Lipinski definition) is 0. The van der Waals surface area contributed by atoms with Crippen molar-refractivity contribution >= 4 is 0 Å². The van der Waals surface area contributed by atoms with Gasteiger partial charge in [-0.15, -0.1) is 0 Å². The lowest BCUT2D eigenvalue weighted by atomic mass is 10.1. The Morgan fingerprint density at radius 1 is 0.750 bits per heavy atom. The van der Waals surface area contributed by atoms with E-state index >= 15 is 0 Å². The summed E-state index contributed by atoms with van der Waals surface area (Å²) in [4.78, 5) is 2.10. The van der Waals surface area contributed by atoms with E-state index in [0.29, 0.717) is 0 Å². The third-order valence-electron chi connectivity index (χ3n) is 2.88. The van der Waals surface area contributed by atoms with Gasteiger partial charge in [0.05, 0.1) is 0 Å². The normalized spacial score (nSPS) is 11.2. The Morgan fingerprint density at radius 2 is 1.25 bits per heavy atom. The highest BCUT2D eigenvalue weighted by atomic mass is 15.0. The largest absolute Gasteiger partial charge is 0.384 e. The molecule has 0 spiro atoms. The number of nitrogens with zero attached hydrogens (tertiary/aromatic N) is 1. The predicted octanol–water partition coefficient (Wildman–Crippen LogP) is 4.98. The van der Waals surface area contributed by atoms with Crippen molar-refractivity contribution in [2.75, 3.05) is 14.1 Å². The first-order valence-electron chi connectivity index (χ1n) is 7.10. The summed E-state index contributed by atoms with van der Waals surface area (Å²) in [6.45, 7) is 2.28. The summed E-state index contributed by atoms with van der Waals surface area (Å²) < 4.78 is 0. The molecule has 0 bridgehead atoms. The molecule has 96 valence electrons.